The number of anilines is 1. The highest BCUT2D eigenvalue weighted by Gasteiger charge is 2.22. The Labute approximate surface area is 167 Å². The van der Waals surface area contributed by atoms with Crippen LogP contribution in [0, 0.1) is 0 Å². The zero-order valence-electron chi connectivity index (χ0n) is 14.6. The molecular formula is C18H12ClF2N7O. The minimum atomic E-state index is -2.98. The Morgan fingerprint density at radius 1 is 1.10 bits per heavy atom. The molecule has 0 aliphatic heterocycles. The first-order valence-electron chi connectivity index (χ1n) is 8.29. The molecule has 0 spiro atoms. The van der Waals surface area contributed by atoms with Crippen LogP contribution in [0.25, 0.3) is 17.1 Å². The zero-order chi connectivity index (χ0) is 20.4. The second kappa shape index (κ2) is 7.76. The van der Waals surface area contributed by atoms with E-state index < -0.39 is 12.5 Å². The van der Waals surface area contributed by atoms with Crippen molar-refractivity contribution in [1.82, 2.24) is 29.8 Å². The number of pyridine rings is 1. The lowest BCUT2D eigenvalue weighted by molar-refractivity contribution is 0.0522. The molecule has 0 bridgehead atoms. The molecule has 0 saturated carbocycles. The van der Waals surface area contributed by atoms with Gasteiger partial charge >= 0.3 is 6.55 Å². The molecule has 8 nitrogen and oxygen atoms in total. The van der Waals surface area contributed by atoms with Gasteiger partial charge in [-0.2, -0.15) is 28.8 Å². The normalized spacial score (nSPS) is 11.0. The number of carbonyl (C=O) groups is 1. The number of aromatic nitrogens is 6. The van der Waals surface area contributed by atoms with E-state index in [9.17, 15) is 13.6 Å². The first kappa shape index (κ1) is 18.7. The molecule has 1 N–H and O–H groups in total. The van der Waals surface area contributed by atoms with E-state index in [1.54, 1.807) is 30.3 Å². The third kappa shape index (κ3) is 3.83. The number of nitrogens with one attached hydrogen (secondary N) is 1. The highest BCUT2D eigenvalue weighted by molar-refractivity contribution is 6.32. The average molecular weight is 416 g/mol. The highest BCUT2D eigenvalue weighted by atomic mass is 35.5. The predicted molar refractivity (Wildman–Crippen MR) is 101 cm³/mol. The van der Waals surface area contributed by atoms with E-state index in [0.29, 0.717) is 10.2 Å². The van der Waals surface area contributed by atoms with E-state index in [0.717, 1.165) is 0 Å². The van der Waals surface area contributed by atoms with Gasteiger partial charge in [-0.25, -0.2) is 4.98 Å². The summed E-state index contributed by atoms with van der Waals surface area (Å²) >= 11 is 6.16. The monoisotopic (exact) mass is 415 g/mol. The predicted octanol–water partition coefficient (Wildman–Crippen LogP) is 3.83. The minimum Gasteiger partial charge on any atom is -0.319 e. The Morgan fingerprint density at radius 2 is 1.83 bits per heavy atom. The van der Waals surface area contributed by atoms with Gasteiger partial charge in [-0.1, -0.05) is 41.9 Å². The summed E-state index contributed by atoms with van der Waals surface area (Å²) in [4.78, 5) is 17.9. The van der Waals surface area contributed by atoms with Gasteiger partial charge in [0.05, 0.1) is 35.0 Å². The van der Waals surface area contributed by atoms with Gasteiger partial charge in [0, 0.05) is 5.56 Å². The van der Waals surface area contributed by atoms with Crippen molar-refractivity contribution in [1.29, 1.82) is 0 Å². The molecule has 1 aromatic carbocycles. The molecule has 3 heterocycles. The molecule has 0 atom stereocenters. The second-order valence-electron chi connectivity index (χ2n) is 5.81. The molecule has 11 heteroatoms. The third-order valence-corrected chi connectivity index (χ3v) is 4.19. The summed E-state index contributed by atoms with van der Waals surface area (Å²) in [6.07, 6.45) is 4.25. The lowest BCUT2D eigenvalue weighted by atomic mass is 10.1. The summed E-state index contributed by atoms with van der Waals surface area (Å²) in [6.45, 7) is -2.98. The molecule has 3 aromatic heterocycles. The van der Waals surface area contributed by atoms with Crippen molar-refractivity contribution >= 4 is 23.2 Å². The molecule has 29 heavy (non-hydrogen) atoms. The van der Waals surface area contributed by atoms with E-state index in [4.69, 9.17) is 11.6 Å². The van der Waals surface area contributed by atoms with Crippen LogP contribution in [-0.4, -0.2) is 35.7 Å². The van der Waals surface area contributed by atoms with Crippen molar-refractivity contribution in [2.45, 2.75) is 6.55 Å². The number of benzene rings is 1. The Balaban J connectivity index is 1.61. The van der Waals surface area contributed by atoms with Crippen molar-refractivity contribution in [3.8, 4) is 17.1 Å². The second-order valence-corrected chi connectivity index (χ2v) is 6.21. The summed E-state index contributed by atoms with van der Waals surface area (Å²) in [5.41, 5.74) is 0.793. The molecule has 1 amide bonds. The molecule has 0 radical (unpaired) electrons. The number of amides is 1. The minimum absolute atomic E-state index is 0.173. The Hall–Kier alpha value is -3.66. The topological polar surface area (TPSA) is 90.5 Å². The van der Waals surface area contributed by atoms with Gasteiger partial charge < -0.3 is 5.32 Å². The number of alkyl halides is 2. The lowest BCUT2D eigenvalue weighted by Crippen LogP contribution is -2.18. The van der Waals surface area contributed by atoms with Crippen molar-refractivity contribution < 1.29 is 13.6 Å². The lowest BCUT2D eigenvalue weighted by Gasteiger charge is -2.08. The van der Waals surface area contributed by atoms with Gasteiger partial charge in [0.1, 0.15) is 5.69 Å². The number of halogens is 3. The number of carbonyl (C=O) groups excluding carboxylic acids is 1. The van der Waals surface area contributed by atoms with Crippen molar-refractivity contribution in [3.05, 3.63) is 71.8 Å². The molecule has 4 rings (SSSR count). The van der Waals surface area contributed by atoms with Crippen LogP contribution in [0.5, 0.6) is 0 Å². The van der Waals surface area contributed by atoms with Crippen LogP contribution in [0.2, 0.25) is 5.02 Å². The van der Waals surface area contributed by atoms with Crippen LogP contribution in [0.4, 0.5) is 14.5 Å². The van der Waals surface area contributed by atoms with E-state index in [-0.39, 0.29) is 27.9 Å². The summed E-state index contributed by atoms with van der Waals surface area (Å²) < 4.78 is 27.2. The molecule has 0 saturated heterocycles. The average Bonchev–Trinajstić information content (AvgIpc) is 3.39. The molecule has 0 aliphatic rings. The molecule has 0 aliphatic carbocycles. The van der Waals surface area contributed by atoms with E-state index in [1.807, 2.05) is 0 Å². The van der Waals surface area contributed by atoms with E-state index >= 15 is 0 Å². The number of nitrogens with zero attached hydrogens (tertiary/aromatic N) is 6. The molecule has 0 unspecified atom stereocenters. The number of hydrogen-bond donors (Lipinski definition) is 1. The highest BCUT2D eigenvalue weighted by Crippen LogP contribution is 2.25. The summed E-state index contributed by atoms with van der Waals surface area (Å²) in [5, 5.41) is 14.4. The van der Waals surface area contributed by atoms with Crippen molar-refractivity contribution in [2.75, 3.05) is 5.32 Å². The standard InChI is InChI=1S/C18H12ClF2N7O/c19-13-8-12(10-22-16(13)28-23-6-7-24-28)25-17(29)15-9-14(26-27(15)18(20)21)11-4-2-1-3-5-11/h1-10,18H,(H,25,29). The first-order chi connectivity index (χ1) is 14.0. The molecule has 0 fully saturated rings. The Bertz CT molecular complexity index is 1150. The van der Waals surface area contributed by atoms with Gasteiger partial charge in [-0.3, -0.25) is 4.79 Å². The SMILES string of the molecule is O=C(Nc1cnc(-n2nccn2)c(Cl)c1)c1cc(-c2ccccc2)nn1C(F)F. The van der Waals surface area contributed by atoms with Gasteiger partial charge in [0.2, 0.25) is 0 Å². The van der Waals surface area contributed by atoms with E-state index in [1.165, 1.54) is 35.5 Å². The summed E-state index contributed by atoms with van der Waals surface area (Å²) in [6, 6.07) is 11.4. The van der Waals surface area contributed by atoms with Crippen LogP contribution in [0.1, 0.15) is 17.0 Å². The Kier molecular flexibility index (Phi) is 5.00. The maximum atomic E-state index is 13.4. The van der Waals surface area contributed by atoms with Crippen LogP contribution in [-0.2, 0) is 0 Å². The summed E-state index contributed by atoms with van der Waals surface area (Å²) in [7, 11) is 0. The van der Waals surface area contributed by atoms with Crippen LogP contribution >= 0.6 is 11.6 Å². The van der Waals surface area contributed by atoms with Crippen LogP contribution in [0.3, 0.4) is 0 Å². The summed E-state index contributed by atoms with van der Waals surface area (Å²) in [5.74, 6) is -0.513. The van der Waals surface area contributed by atoms with Crippen molar-refractivity contribution in [2.24, 2.45) is 0 Å². The van der Waals surface area contributed by atoms with Crippen LogP contribution in [0.15, 0.2) is 61.1 Å². The zero-order valence-corrected chi connectivity index (χ0v) is 15.3. The fraction of sp³-hybridized carbons (Fsp3) is 0.0556. The van der Waals surface area contributed by atoms with Crippen molar-refractivity contribution in [3.63, 3.8) is 0 Å². The molecule has 4 aromatic rings. The maximum absolute atomic E-state index is 13.4. The number of hydrogen-bond acceptors (Lipinski definition) is 5. The maximum Gasteiger partial charge on any atom is 0.333 e. The van der Waals surface area contributed by atoms with E-state index in [2.05, 4.69) is 25.6 Å². The smallest absolute Gasteiger partial charge is 0.319 e. The molecular weight excluding hydrogens is 404 g/mol. The van der Waals surface area contributed by atoms with Gasteiger partial charge in [-0.05, 0) is 12.1 Å². The Morgan fingerprint density at radius 3 is 2.48 bits per heavy atom. The fourth-order valence-corrected chi connectivity index (χ4v) is 2.87. The third-order valence-electron chi connectivity index (χ3n) is 3.91. The first-order valence-corrected chi connectivity index (χ1v) is 8.67. The molecule has 146 valence electrons. The largest absolute Gasteiger partial charge is 0.333 e. The fourth-order valence-electron chi connectivity index (χ4n) is 2.63. The van der Waals surface area contributed by atoms with Crippen LogP contribution < -0.4 is 5.32 Å². The van der Waals surface area contributed by atoms with Gasteiger partial charge in [0.25, 0.3) is 5.91 Å². The quantitative estimate of drug-likeness (QED) is 0.535. The number of rotatable bonds is 5. The van der Waals surface area contributed by atoms with Gasteiger partial charge in [0.15, 0.2) is 5.82 Å². The van der Waals surface area contributed by atoms with Gasteiger partial charge in [-0.15, -0.1) is 4.80 Å².